The summed E-state index contributed by atoms with van der Waals surface area (Å²) >= 11 is 0. The minimum Gasteiger partial charge on any atom is -0.444 e. The zero-order valence-corrected chi connectivity index (χ0v) is 33.7. The second kappa shape index (κ2) is 17.7. The van der Waals surface area contributed by atoms with Crippen LogP contribution in [-0.4, -0.2) is 57.7 Å². The fourth-order valence-corrected chi connectivity index (χ4v) is 5.95. The summed E-state index contributed by atoms with van der Waals surface area (Å²) in [6.45, 7) is 16.0. The van der Waals surface area contributed by atoms with Crippen LogP contribution in [0.15, 0.2) is 97.2 Å². The highest BCUT2D eigenvalue weighted by molar-refractivity contribution is 5.71. The van der Waals surface area contributed by atoms with Gasteiger partial charge in [0, 0.05) is 25.2 Å². The van der Waals surface area contributed by atoms with Crippen LogP contribution in [-0.2, 0) is 26.8 Å². The fourth-order valence-electron chi connectivity index (χ4n) is 5.95. The molecule has 0 bridgehead atoms. The van der Waals surface area contributed by atoms with Crippen LogP contribution in [0.2, 0.25) is 0 Å². The van der Waals surface area contributed by atoms with Gasteiger partial charge >= 0.3 is 18.3 Å². The molecule has 4 aromatic rings. The third-order valence-corrected chi connectivity index (χ3v) is 8.06. The van der Waals surface area contributed by atoms with E-state index in [1.165, 1.54) is 0 Å². The highest BCUT2D eigenvalue weighted by Gasteiger charge is 2.39. The average molecular weight is 756 g/mol. The number of nitrogens with one attached hydrogen (secondary N) is 5. The third kappa shape index (κ3) is 12.5. The van der Waals surface area contributed by atoms with Crippen LogP contribution in [0.3, 0.4) is 0 Å². The first-order valence-electron chi connectivity index (χ1n) is 18.4. The molecule has 0 fully saturated rings. The molecular weight excluding hydrogens is 699 g/mol. The second-order valence-electron chi connectivity index (χ2n) is 16.2. The number of rotatable bonds is 13. The number of aromatic nitrogens is 2. The Morgan fingerprint density at radius 3 is 1.44 bits per heavy atom. The van der Waals surface area contributed by atoms with E-state index in [2.05, 4.69) is 63.0 Å². The van der Waals surface area contributed by atoms with Crippen molar-refractivity contribution in [2.45, 2.75) is 103 Å². The fraction of sp³-hybridized carbons (Fsp3) is 0.429. The number of aryl methyl sites for hydroxylation is 1. The van der Waals surface area contributed by atoms with E-state index in [1.807, 2.05) is 61.6 Å². The number of hydrogen-bond acceptors (Lipinski definition) is 9. The molecule has 55 heavy (non-hydrogen) atoms. The van der Waals surface area contributed by atoms with Gasteiger partial charge in [0.25, 0.3) is 0 Å². The van der Waals surface area contributed by atoms with Crippen LogP contribution < -0.4 is 26.6 Å². The highest BCUT2D eigenvalue weighted by atomic mass is 16.6. The Morgan fingerprint density at radius 2 is 1.04 bits per heavy atom. The van der Waals surface area contributed by atoms with E-state index in [0.29, 0.717) is 11.4 Å². The van der Waals surface area contributed by atoms with Crippen molar-refractivity contribution in [3.8, 4) is 0 Å². The summed E-state index contributed by atoms with van der Waals surface area (Å²) in [6, 6.07) is 29.8. The maximum absolute atomic E-state index is 13.2. The van der Waals surface area contributed by atoms with Crippen LogP contribution >= 0.6 is 0 Å². The minimum absolute atomic E-state index is 0.160. The molecular formula is C42H57N7O6. The number of benzene rings is 3. The number of hydrogen-bond donors (Lipinski definition) is 5. The summed E-state index contributed by atoms with van der Waals surface area (Å²) in [5.74, 6) is 0.639. The van der Waals surface area contributed by atoms with Crippen molar-refractivity contribution in [1.29, 1.82) is 0 Å². The van der Waals surface area contributed by atoms with Crippen molar-refractivity contribution in [2.75, 3.05) is 11.9 Å². The number of carbonyl (C=O) groups excluding carboxylic acids is 3. The van der Waals surface area contributed by atoms with Crippen molar-refractivity contribution in [3.63, 3.8) is 0 Å². The maximum atomic E-state index is 13.2. The molecule has 0 spiro atoms. The summed E-state index contributed by atoms with van der Waals surface area (Å²) in [5.41, 5.74) is 0.389. The topological polar surface area (TPSA) is 157 Å². The van der Waals surface area contributed by atoms with Gasteiger partial charge in [0.1, 0.15) is 28.2 Å². The first-order valence-corrected chi connectivity index (χ1v) is 18.4. The van der Waals surface area contributed by atoms with Gasteiger partial charge in [-0.1, -0.05) is 91.0 Å². The smallest absolute Gasteiger partial charge is 0.410 e. The van der Waals surface area contributed by atoms with Crippen LogP contribution in [0.5, 0.6) is 0 Å². The number of ether oxygens (including phenoxy) is 3. The zero-order chi connectivity index (χ0) is 40.4. The third-order valence-electron chi connectivity index (χ3n) is 8.06. The van der Waals surface area contributed by atoms with Crippen LogP contribution in [0.1, 0.15) is 97.0 Å². The molecule has 3 amide bonds. The second-order valence-corrected chi connectivity index (χ2v) is 16.2. The average Bonchev–Trinajstić information content (AvgIpc) is 3.44. The van der Waals surface area contributed by atoms with E-state index in [9.17, 15) is 14.4 Å². The molecule has 0 saturated carbocycles. The lowest BCUT2D eigenvalue weighted by Crippen LogP contribution is -2.58. The van der Waals surface area contributed by atoms with Gasteiger partial charge < -0.3 is 24.8 Å². The lowest BCUT2D eigenvalue weighted by molar-refractivity contribution is 0.0397. The molecule has 0 aliphatic heterocycles. The molecule has 1 unspecified atom stereocenters. The molecule has 0 saturated heterocycles. The quantitative estimate of drug-likeness (QED) is 0.0524. The molecule has 296 valence electrons. The molecule has 1 atom stereocenters. The van der Waals surface area contributed by atoms with Gasteiger partial charge in [-0.25, -0.2) is 14.4 Å². The summed E-state index contributed by atoms with van der Waals surface area (Å²) in [4.78, 5) is 39.1. The minimum atomic E-state index is -1.19. The van der Waals surface area contributed by atoms with Gasteiger partial charge in [0.2, 0.25) is 0 Å². The molecule has 5 N–H and O–H groups in total. The Bertz CT molecular complexity index is 1720. The van der Waals surface area contributed by atoms with E-state index in [1.54, 1.807) is 73.2 Å². The van der Waals surface area contributed by atoms with Crippen molar-refractivity contribution in [1.82, 2.24) is 31.0 Å². The standard InChI is InChI=1S/C42H57N7O6/c1-39(2,3)53-36(50)43-27-26-33(45-35(46-37(51)54-40(4,5)6)47-38(52)55-41(7,8)9)32-28-44-49(10)34(32)48-42(29-20-14-11-15-21-29,30-22-16-12-17-23-30)31-24-18-13-19-25-31/h11-25,28,33,35,45,48H,26-27H2,1-10H3,(H,43,50)(H,46,51)(H,47,52). The summed E-state index contributed by atoms with van der Waals surface area (Å²) in [6.07, 6.45) is -1.32. The molecule has 13 heteroatoms. The van der Waals surface area contributed by atoms with Crippen molar-refractivity contribution >= 4 is 24.1 Å². The molecule has 0 aliphatic carbocycles. The van der Waals surface area contributed by atoms with Gasteiger partial charge in [-0.3, -0.25) is 20.6 Å². The van der Waals surface area contributed by atoms with Crippen molar-refractivity contribution in [3.05, 3.63) is 119 Å². The Morgan fingerprint density at radius 1 is 0.636 bits per heavy atom. The predicted molar refractivity (Wildman–Crippen MR) is 213 cm³/mol. The SMILES string of the molecule is Cn1ncc(C(CCNC(=O)OC(C)(C)C)NC(NC(=O)OC(C)(C)C)NC(=O)OC(C)(C)C)c1NC(c1ccccc1)(c1ccccc1)c1ccccc1. The van der Waals surface area contributed by atoms with E-state index in [4.69, 9.17) is 19.3 Å². The molecule has 13 nitrogen and oxygen atoms in total. The van der Waals surface area contributed by atoms with E-state index < -0.39 is 53.0 Å². The summed E-state index contributed by atoms with van der Waals surface area (Å²) in [5, 5.41) is 20.3. The van der Waals surface area contributed by atoms with Gasteiger partial charge in [0.05, 0.1) is 6.20 Å². The summed E-state index contributed by atoms with van der Waals surface area (Å²) < 4.78 is 18.3. The predicted octanol–water partition coefficient (Wildman–Crippen LogP) is 7.70. The van der Waals surface area contributed by atoms with Gasteiger partial charge in [-0.05, 0) is 85.4 Å². The monoisotopic (exact) mass is 755 g/mol. The van der Waals surface area contributed by atoms with Crippen molar-refractivity contribution in [2.24, 2.45) is 7.05 Å². The molecule has 0 radical (unpaired) electrons. The van der Waals surface area contributed by atoms with E-state index in [-0.39, 0.29) is 13.0 Å². The largest absolute Gasteiger partial charge is 0.444 e. The Kier molecular flexibility index (Phi) is 13.6. The van der Waals surface area contributed by atoms with Crippen molar-refractivity contribution < 1.29 is 28.6 Å². The first-order chi connectivity index (χ1) is 25.8. The lowest BCUT2D eigenvalue weighted by atomic mass is 9.77. The number of alkyl carbamates (subject to hydrolysis) is 3. The Hall–Kier alpha value is -5.56. The molecule has 4 rings (SSSR count). The maximum Gasteiger partial charge on any atom is 0.410 e. The van der Waals surface area contributed by atoms with Crippen LogP contribution in [0, 0.1) is 0 Å². The van der Waals surface area contributed by atoms with Crippen LogP contribution in [0.25, 0.3) is 0 Å². The van der Waals surface area contributed by atoms with E-state index >= 15 is 0 Å². The lowest BCUT2D eigenvalue weighted by Gasteiger charge is -2.38. The Labute approximate surface area is 324 Å². The van der Waals surface area contributed by atoms with Crippen LogP contribution in [0.4, 0.5) is 20.2 Å². The molecule has 0 aliphatic rings. The Balaban J connectivity index is 1.84. The summed E-state index contributed by atoms with van der Waals surface area (Å²) in [7, 11) is 1.84. The molecule has 1 aromatic heterocycles. The van der Waals surface area contributed by atoms with Gasteiger partial charge in [-0.15, -0.1) is 0 Å². The normalized spacial score (nSPS) is 12.7. The molecule has 3 aromatic carbocycles. The number of carbonyl (C=O) groups is 3. The number of nitrogens with zero attached hydrogens (tertiary/aromatic N) is 2. The van der Waals surface area contributed by atoms with Gasteiger partial charge in [0.15, 0.2) is 6.29 Å². The van der Waals surface area contributed by atoms with Gasteiger partial charge in [-0.2, -0.15) is 5.10 Å². The molecule has 1 heterocycles. The highest BCUT2D eigenvalue weighted by Crippen LogP contribution is 2.41. The first kappa shape index (κ1) is 42.2. The number of amides is 3. The van der Waals surface area contributed by atoms with E-state index in [0.717, 1.165) is 16.7 Å². The zero-order valence-electron chi connectivity index (χ0n) is 33.7. The number of anilines is 1.